The first-order valence-electron chi connectivity index (χ1n) is 6.65. The van der Waals surface area contributed by atoms with E-state index in [0.717, 1.165) is 31.9 Å². The fourth-order valence-corrected chi connectivity index (χ4v) is 2.40. The molecular formula is C14H23FN4. The smallest absolute Gasteiger partial charge is 0.128 e. The van der Waals surface area contributed by atoms with Crippen molar-refractivity contribution in [2.75, 3.05) is 51.3 Å². The molecule has 1 aromatic rings. The Morgan fingerprint density at radius 2 is 2.11 bits per heavy atom. The maximum absolute atomic E-state index is 13.3. The van der Waals surface area contributed by atoms with E-state index >= 15 is 0 Å². The highest BCUT2D eigenvalue weighted by Gasteiger charge is 2.21. The molecule has 0 aromatic heterocycles. The Morgan fingerprint density at radius 3 is 2.84 bits per heavy atom. The third kappa shape index (κ3) is 3.36. The molecule has 5 heteroatoms. The predicted molar refractivity (Wildman–Crippen MR) is 78.0 cm³/mol. The zero-order chi connectivity index (χ0) is 14.0. The molecule has 4 nitrogen and oxygen atoms in total. The highest BCUT2D eigenvalue weighted by molar-refractivity contribution is 5.67. The average molecular weight is 266 g/mol. The van der Waals surface area contributed by atoms with E-state index < -0.39 is 0 Å². The second-order valence-electron chi connectivity index (χ2n) is 5.47. The number of hydrogen-bond donors (Lipinski definition) is 2. The Labute approximate surface area is 114 Å². The number of likely N-dealkylation sites (N-methyl/N-ethyl adjacent to an activating group) is 2. The Balaban J connectivity index is 2.00. The van der Waals surface area contributed by atoms with Gasteiger partial charge in [0.2, 0.25) is 0 Å². The Hall–Kier alpha value is -1.33. The number of benzene rings is 1. The van der Waals surface area contributed by atoms with Crippen LogP contribution in [0.2, 0.25) is 0 Å². The number of aryl methyl sites for hydroxylation is 1. The van der Waals surface area contributed by atoms with Crippen molar-refractivity contribution in [2.24, 2.45) is 0 Å². The molecule has 106 valence electrons. The lowest BCUT2D eigenvalue weighted by Gasteiger charge is -2.38. The minimum atomic E-state index is -0.252. The molecule has 1 aromatic carbocycles. The summed E-state index contributed by atoms with van der Waals surface area (Å²) in [5, 5.41) is 3.34. The number of nitrogen functional groups attached to an aromatic ring is 1. The quantitative estimate of drug-likeness (QED) is 0.811. The summed E-state index contributed by atoms with van der Waals surface area (Å²) in [4.78, 5) is 4.67. The van der Waals surface area contributed by atoms with Gasteiger partial charge in [0.1, 0.15) is 5.82 Å². The van der Waals surface area contributed by atoms with Crippen LogP contribution in [-0.2, 0) is 0 Å². The molecule has 1 aliphatic heterocycles. The van der Waals surface area contributed by atoms with Gasteiger partial charge in [0.25, 0.3) is 0 Å². The SMILES string of the molecule is Cc1cc(NCC2CN(C)CCN2C)c(N)cc1F. The molecule has 0 spiro atoms. The van der Waals surface area contributed by atoms with Crippen LogP contribution < -0.4 is 11.1 Å². The number of nitrogens with zero attached hydrogens (tertiary/aromatic N) is 2. The van der Waals surface area contributed by atoms with E-state index in [9.17, 15) is 4.39 Å². The molecule has 19 heavy (non-hydrogen) atoms. The third-order valence-electron chi connectivity index (χ3n) is 3.84. The number of piperazine rings is 1. The van der Waals surface area contributed by atoms with Gasteiger partial charge >= 0.3 is 0 Å². The highest BCUT2D eigenvalue weighted by Crippen LogP contribution is 2.22. The number of nitrogens with two attached hydrogens (primary N) is 1. The van der Waals surface area contributed by atoms with Crippen molar-refractivity contribution in [1.29, 1.82) is 0 Å². The third-order valence-corrected chi connectivity index (χ3v) is 3.84. The molecule has 0 saturated carbocycles. The maximum atomic E-state index is 13.3. The maximum Gasteiger partial charge on any atom is 0.128 e. The standard InChI is InChI=1S/C14H23FN4/c1-10-6-14(13(16)7-12(10)15)17-8-11-9-18(2)4-5-19(11)3/h6-7,11,17H,4-5,8-9,16H2,1-3H3. The van der Waals surface area contributed by atoms with Crippen LogP contribution in [0.25, 0.3) is 0 Å². The van der Waals surface area contributed by atoms with Crippen molar-refractivity contribution in [3.63, 3.8) is 0 Å². The second kappa shape index (κ2) is 5.75. The van der Waals surface area contributed by atoms with Crippen LogP contribution in [0.4, 0.5) is 15.8 Å². The molecule has 3 N–H and O–H groups in total. The summed E-state index contributed by atoms with van der Waals surface area (Å²) in [5.41, 5.74) is 7.75. The van der Waals surface area contributed by atoms with Crippen molar-refractivity contribution < 1.29 is 4.39 Å². The van der Waals surface area contributed by atoms with Crippen LogP contribution in [0.1, 0.15) is 5.56 Å². The lowest BCUT2D eigenvalue weighted by molar-refractivity contribution is 0.122. The normalized spacial score (nSPS) is 21.6. The van der Waals surface area contributed by atoms with Gasteiger partial charge in [-0.15, -0.1) is 0 Å². The molecule has 0 amide bonds. The minimum absolute atomic E-state index is 0.252. The molecule has 0 bridgehead atoms. The number of rotatable bonds is 3. The molecule has 0 radical (unpaired) electrons. The zero-order valence-electron chi connectivity index (χ0n) is 11.9. The molecular weight excluding hydrogens is 243 g/mol. The summed E-state index contributed by atoms with van der Waals surface area (Å²) in [7, 11) is 4.27. The summed E-state index contributed by atoms with van der Waals surface area (Å²) in [6.45, 7) is 5.77. The van der Waals surface area contributed by atoms with Gasteiger partial charge < -0.3 is 16.0 Å². The van der Waals surface area contributed by atoms with Gasteiger partial charge in [-0.2, -0.15) is 0 Å². The summed E-state index contributed by atoms with van der Waals surface area (Å²) < 4.78 is 13.3. The van der Waals surface area contributed by atoms with Crippen LogP contribution in [-0.4, -0.2) is 56.1 Å². The van der Waals surface area contributed by atoms with E-state index in [1.165, 1.54) is 6.07 Å². The predicted octanol–water partition coefficient (Wildman–Crippen LogP) is 1.37. The molecule has 1 atom stereocenters. The first-order valence-corrected chi connectivity index (χ1v) is 6.65. The van der Waals surface area contributed by atoms with Crippen molar-refractivity contribution in [1.82, 2.24) is 9.80 Å². The zero-order valence-corrected chi connectivity index (χ0v) is 11.9. The molecule has 0 aliphatic carbocycles. The molecule has 1 saturated heterocycles. The molecule has 2 rings (SSSR count). The fourth-order valence-electron chi connectivity index (χ4n) is 2.40. The van der Waals surface area contributed by atoms with E-state index in [-0.39, 0.29) is 5.82 Å². The van der Waals surface area contributed by atoms with Crippen molar-refractivity contribution in [2.45, 2.75) is 13.0 Å². The Morgan fingerprint density at radius 1 is 1.37 bits per heavy atom. The van der Waals surface area contributed by atoms with Crippen LogP contribution in [0.5, 0.6) is 0 Å². The molecule has 1 unspecified atom stereocenters. The molecule has 1 heterocycles. The van der Waals surface area contributed by atoms with Crippen molar-refractivity contribution in [3.8, 4) is 0 Å². The van der Waals surface area contributed by atoms with Gasteiger partial charge in [-0.05, 0) is 38.7 Å². The van der Waals surface area contributed by atoms with Crippen LogP contribution in [0, 0.1) is 12.7 Å². The van der Waals surface area contributed by atoms with Gasteiger partial charge in [0.05, 0.1) is 11.4 Å². The van der Waals surface area contributed by atoms with Gasteiger partial charge in [-0.3, -0.25) is 4.90 Å². The van der Waals surface area contributed by atoms with Crippen LogP contribution >= 0.6 is 0 Å². The van der Waals surface area contributed by atoms with E-state index in [1.807, 2.05) is 0 Å². The van der Waals surface area contributed by atoms with E-state index in [4.69, 9.17) is 5.73 Å². The van der Waals surface area contributed by atoms with Gasteiger partial charge in [0, 0.05) is 32.2 Å². The summed E-state index contributed by atoms with van der Waals surface area (Å²) >= 11 is 0. The fraction of sp³-hybridized carbons (Fsp3) is 0.571. The number of nitrogens with one attached hydrogen (secondary N) is 1. The van der Waals surface area contributed by atoms with E-state index in [2.05, 4.69) is 29.2 Å². The summed E-state index contributed by atoms with van der Waals surface area (Å²) in [6, 6.07) is 3.61. The van der Waals surface area contributed by atoms with Crippen molar-refractivity contribution >= 4 is 11.4 Å². The molecule has 1 fully saturated rings. The molecule has 1 aliphatic rings. The first-order chi connectivity index (χ1) is 8.97. The average Bonchev–Trinajstić information content (AvgIpc) is 2.36. The van der Waals surface area contributed by atoms with Gasteiger partial charge in [-0.1, -0.05) is 0 Å². The summed E-state index contributed by atoms with van der Waals surface area (Å²) in [6.07, 6.45) is 0. The number of hydrogen-bond acceptors (Lipinski definition) is 4. The second-order valence-corrected chi connectivity index (χ2v) is 5.47. The summed E-state index contributed by atoms with van der Waals surface area (Å²) in [5.74, 6) is -0.252. The lowest BCUT2D eigenvalue weighted by atomic mass is 10.1. The number of anilines is 2. The van der Waals surface area contributed by atoms with Crippen LogP contribution in [0.3, 0.4) is 0 Å². The van der Waals surface area contributed by atoms with Gasteiger partial charge in [0.15, 0.2) is 0 Å². The topological polar surface area (TPSA) is 44.5 Å². The van der Waals surface area contributed by atoms with Crippen molar-refractivity contribution in [3.05, 3.63) is 23.5 Å². The van der Waals surface area contributed by atoms with Crippen LogP contribution in [0.15, 0.2) is 12.1 Å². The van der Waals surface area contributed by atoms with E-state index in [0.29, 0.717) is 17.3 Å². The Kier molecular flexibility index (Phi) is 4.27. The minimum Gasteiger partial charge on any atom is -0.397 e. The Bertz CT molecular complexity index is 449. The van der Waals surface area contributed by atoms with Gasteiger partial charge in [-0.25, -0.2) is 4.39 Å². The highest BCUT2D eigenvalue weighted by atomic mass is 19.1. The lowest BCUT2D eigenvalue weighted by Crippen LogP contribution is -2.52. The first kappa shape index (κ1) is 14.1. The largest absolute Gasteiger partial charge is 0.397 e. The van der Waals surface area contributed by atoms with E-state index in [1.54, 1.807) is 13.0 Å². The number of halogens is 1. The monoisotopic (exact) mass is 266 g/mol.